The summed E-state index contributed by atoms with van der Waals surface area (Å²) in [7, 11) is 0. The van der Waals surface area contributed by atoms with Crippen LogP contribution in [-0.4, -0.2) is 35.0 Å². The number of amidine groups is 2. The lowest BCUT2D eigenvalue weighted by Gasteiger charge is -2.22. The van der Waals surface area contributed by atoms with Gasteiger partial charge >= 0.3 is 0 Å². The number of carbonyl (C=O) groups is 1. The van der Waals surface area contributed by atoms with Gasteiger partial charge in [0.05, 0.1) is 18.8 Å². The number of aryl methyl sites for hydroxylation is 2. The van der Waals surface area contributed by atoms with Crippen LogP contribution in [0.4, 0.5) is 0 Å². The second-order valence-corrected chi connectivity index (χ2v) is 8.20. The summed E-state index contributed by atoms with van der Waals surface area (Å²) in [6.45, 7) is 5.25. The summed E-state index contributed by atoms with van der Waals surface area (Å²) in [5, 5.41) is 10.6. The van der Waals surface area contributed by atoms with E-state index in [2.05, 4.69) is 24.9 Å². The molecule has 0 bridgehead atoms. The fourth-order valence-electron chi connectivity index (χ4n) is 3.31. The van der Waals surface area contributed by atoms with Crippen molar-refractivity contribution in [2.75, 3.05) is 13.2 Å². The molecule has 2 aliphatic rings. The Morgan fingerprint density at radius 2 is 1.71 bits per heavy atom. The van der Waals surface area contributed by atoms with E-state index in [4.69, 9.17) is 14.9 Å². The number of hydrogen-bond acceptors (Lipinski definition) is 5. The molecule has 0 spiro atoms. The number of hydrogen-bond donors (Lipinski definition) is 1. The Bertz CT molecular complexity index is 1080. The quantitative estimate of drug-likeness (QED) is 0.495. The Morgan fingerprint density at radius 3 is 2.42 bits per heavy atom. The zero-order valence-electron chi connectivity index (χ0n) is 17.4. The maximum absolute atomic E-state index is 12.3. The van der Waals surface area contributed by atoms with Gasteiger partial charge in [0.1, 0.15) is 17.3 Å². The first kappa shape index (κ1) is 20.9. The number of nitrogens with zero attached hydrogens (tertiary/aromatic N) is 2. The zero-order valence-corrected chi connectivity index (χ0v) is 18.2. The largest absolute Gasteiger partial charge is 0.493 e. The van der Waals surface area contributed by atoms with Crippen molar-refractivity contribution in [2.24, 2.45) is 4.99 Å². The molecule has 0 radical (unpaired) electrons. The van der Waals surface area contributed by atoms with Gasteiger partial charge in [0.2, 0.25) is 0 Å². The van der Waals surface area contributed by atoms with Gasteiger partial charge in [-0.25, -0.2) is 0 Å². The van der Waals surface area contributed by atoms with E-state index in [-0.39, 0.29) is 11.4 Å². The van der Waals surface area contributed by atoms with Gasteiger partial charge in [-0.2, -0.15) is 4.99 Å². The van der Waals surface area contributed by atoms with Gasteiger partial charge in [0.25, 0.3) is 5.91 Å². The SMILES string of the molecule is Cc1cc(C)cc(OCCCOc2ccc(C=C3C(=N)N4C=CSC4=NC3=O)cc2)c1. The van der Waals surface area contributed by atoms with Crippen molar-refractivity contribution in [3.05, 3.63) is 76.3 Å². The van der Waals surface area contributed by atoms with Crippen molar-refractivity contribution in [1.29, 1.82) is 5.41 Å². The van der Waals surface area contributed by atoms with Crippen LogP contribution < -0.4 is 9.47 Å². The van der Waals surface area contributed by atoms with Crippen LogP contribution in [0.2, 0.25) is 0 Å². The number of carbonyl (C=O) groups excluding carboxylic acids is 1. The Kier molecular flexibility index (Phi) is 6.23. The Balaban J connectivity index is 1.28. The minimum Gasteiger partial charge on any atom is -0.493 e. The van der Waals surface area contributed by atoms with Gasteiger partial charge in [0.15, 0.2) is 5.17 Å². The number of aliphatic imine (C=N–C) groups is 1. The molecule has 0 saturated heterocycles. The van der Waals surface area contributed by atoms with Crippen LogP contribution in [0.1, 0.15) is 23.1 Å². The highest BCUT2D eigenvalue weighted by atomic mass is 32.2. The number of thioether (sulfide) groups is 1. The third kappa shape index (κ3) is 5.06. The first-order valence-electron chi connectivity index (χ1n) is 10.00. The fraction of sp³-hybridized carbons (Fsp3) is 0.208. The molecule has 0 fully saturated rings. The molecule has 0 saturated carbocycles. The molecule has 31 heavy (non-hydrogen) atoms. The second-order valence-electron chi connectivity index (χ2n) is 7.32. The summed E-state index contributed by atoms with van der Waals surface area (Å²) in [5.41, 5.74) is 3.46. The molecule has 2 aromatic rings. The van der Waals surface area contributed by atoms with Crippen molar-refractivity contribution in [2.45, 2.75) is 20.3 Å². The van der Waals surface area contributed by atoms with E-state index in [9.17, 15) is 4.79 Å². The zero-order chi connectivity index (χ0) is 21.8. The highest BCUT2D eigenvalue weighted by Gasteiger charge is 2.30. The molecule has 2 aliphatic heterocycles. The molecular weight excluding hydrogens is 410 g/mol. The highest BCUT2D eigenvalue weighted by molar-refractivity contribution is 8.16. The van der Waals surface area contributed by atoms with Crippen molar-refractivity contribution >= 4 is 34.7 Å². The van der Waals surface area contributed by atoms with E-state index >= 15 is 0 Å². The Hall–Kier alpha value is -3.32. The average Bonchev–Trinajstić information content (AvgIpc) is 3.20. The summed E-state index contributed by atoms with van der Waals surface area (Å²) in [4.78, 5) is 17.9. The van der Waals surface area contributed by atoms with Gasteiger partial charge in [-0.1, -0.05) is 30.0 Å². The molecule has 1 N–H and O–H groups in total. The van der Waals surface area contributed by atoms with Crippen molar-refractivity contribution < 1.29 is 14.3 Å². The molecule has 4 rings (SSSR count). The van der Waals surface area contributed by atoms with Crippen molar-refractivity contribution in [1.82, 2.24) is 4.90 Å². The number of rotatable bonds is 7. The molecular formula is C24H23N3O3S. The second kappa shape index (κ2) is 9.22. The van der Waals surface area contributed by atoms with Gasteiger partial charge < -0.3 is 9.47 Å². The molecule has 7 heteroatoms. The van der Waals surface area contributed by atoms with E-state index in [1.807, 2.05) is 41.8 Å². The molecule has 2 aromatic carbocycles. The molecule has 6 nitrogen and oxygen atoms in total. The molecule has 158 valence electrons. The lowest BCUT2D eigenvalue weighted by atomic mass is 10.1. The summed E-state index contributed by atoms with van der Waals surface area (Å²) in [6.07, 6.45) is 4.20. The highest BCUT2D eigenvalue weighted by Crippen LogP contribution is 2.27. The lowest BCUT2D eigenvalue weighted by Crippen LogP contribution is -2.35. The summed E-state index contributed by atoms with van der Waals surface area (Å²) in [6, 6.07) is 13.6. The predicted octanol–water partition coefficient (Wildman–Crippen LogP) is 4.93. The van der Waals surface area contributed by atoms with E-state index in [0.29, 0.717) is 18.4 Å². The maximum atomic E-state index is 12.3. The molecule has 1 amide bonds. The number of fused-ring (bicyclic) bond motifs is 1. The van der Waals surface area contributed by atoms with E-state index < -0.39 is 5.91 Å². The third-order valence-corrected chi connectivity index (χ3v) is 5.48. The van der Waals surface area contributed by atoms with Gasteiger partial charge in [-0.05, 0) is 66.3 Å². The summed E-state index contributed by atoms with van der Waals surface area (Å²) in [5.74, 6) is 1.38. The standard InChI is InChI=1S/C24H23N3O3S/c1-16-12-17(2)14-20(13-16)30-10-3-9-29-19-6-4-18(5-7-19)15-21-22(25)27-8-11-31-24(27)26-23(21)28/h4-8,11-15,25H,3,9-10H2,1-2H3. The van der Waals surface area contributed by atoms with Crippen molar-refractivity contribution in [3.63, 3.8) is 0 Å². The minimum atomic E-state index is -0.392. The topological polar surface area (TPSA) is 75.0 Å². The summed E-state index contributed by atoms with van der Waals surface area (Å²) < 4.78 is 11.6. The van der Waals surface area contributed by atoms with Gasteiger partial charge in [-0.15, -0.1) is 0 Å². The van der Waals surface area contributed by atoms with Crippen LogP contribution in [0.25, 0.3) is 6.08 Å². The molecule has 0 atom stereocenters. The lowest BCUT2D eigenvalue weighted by molar-refractivity contribution is -0.114. The summed E-state index contributed by atoms with van der Waals surface area (Å²) >= 11 is 1.34. The van der Waals surface area contributed by atoms with Gasteiger partial charge in [-0.3, -0.25) is 15.1 Å². The normalized spacial score (nSPS) is 16.5. The molecule has 0 aliphatic carbocycles. The van der Waals surface area contributed by atoms with Crippen LogP contribution >= 0.6 is 11.8 Å². The monoisotopic (exact) mass is 433 g/mol. The minimum absolute atomic E-state index is 0.139. The Morgan fingerprint density at radius 1 is 1.03 bits per heavy atom. The maximum Gasteiger partial charge on any atom is 0.283 e. The van der Waals surface area contributed by atoms with E-state index in [0.717, 1.165) is 23.5 Å². The van der Waals surface area contributed by atoms with Crippen molar-refractivity contribution in [3.8, 4) is 11.5 Å². The molecule has 0 unspecified atom stereocenters. The first-order chi connectivity index (χ1) is 15.0. The fourth-order valence-corrected chi connectivity index (χ4v) is 4.02. The van der Waals surface area contributed by atoms with Crippen LogP contribution in [0, 0.1) is 19.3 Å². The third-order valence-electron chi connectivity index (χ3n) is 4.73. The van der Waals surface area contributed by atoms with Crippen LogP contribution in [-0.2, 0) is 4.79 Å². The number of amides is 1. The first-order valence-corrected chi connectivity index (χ1v) is 10.9. The smallest absolute Gasteiger partial charge is 0.283 e. The predicted molar refractivity (Wildman–Crippen MR) is 125 cm³/mol. The van der Waals surface area contributed by atoms with Crippen LogP contribution in [0.15, 0.2) is 64.6 Å². The Labute approximate surface area is 185 Å². The molecule has 0 aromatic heterocycles. The number of ether oxygens (including phenoxy) is 2. The van der Waals surface area contributed by atoms with Crippen LogP contribution in [0.5, 0.6) is 11.5 Å². The number of nitrogens with one attached hydrogen (secondary N) is 1. The number of benzene rings is 2. The van der Waals surface area contributed by atoms with Gasteiger partial charge in [0, 0.05) is 12.6 Å². The van der Waals surface area contributed by atoms with E-state index in [1.54, 1.807) is 17.2 Å². The molecule has 2 heterocycles. The van der Waals surface area contributed by atoms with Crippen LogP contribution in [0.3, 0.4) is 0 Å². The average molecular weight is 434 g/mol. The van der Waals surface area contributed by atoms with E-state index in [1.165, 1.54) is 22.9 Å².